The van der Waals surface area contributed by atoms with Gasteiger partial charge in [0.1, 0.15) is 23.8 Å². The number of amides is 1. The van der Waals surface area contributed by atoms with E-state index in [4.69, 9.17) is 0 Å². The predicted molar refractivity (Wildman–Crippen MR) is 105 cm³/mol. The zero-order chi connectivity index (χ0) is 18.6. The third-order valence-electron chi connectivity index (χ3n) is 4.21. The fourth-order valence-corrected chi connectivity index (χ4v) is 2.60. The van der Waals surface area contributed by atoms with Gasteiger partial charge in [0.2, 0.25) is 5.91 Å². The smallest absolute Gasteiger partial charge is 0.227 e. The van der Waals surface area contributed by atoms with Crippen molar-refractivity contribution in [2.75, 3.05) is 16.0 Å². The van der Waals surface area contributed by atoms with Gasteiger partial charge in [-0.1, -0.05) is 0 Å². The third kappa shape index (κ3) is 4.58. The summed E-state index contributed by atoms with van der Waals surface area (Å²) in [6.45, 7) is 2.01. The molecule has 3 N–H and O–H groups in total. The van der Waals surface area contributed by atoms with E-state index in [1.807, 2.05) is 49.4 Å². The second-order valence-electron chi connectivity index (χ2n) is 6.60. The largest absolute Gasteiger partial charge is 0.340 e. The van der Waals surface area contributed by atoms with Crippen LogP contribution in [-0.4, -0.2) is 20.9 Å². The Morgan fingerprint density at radius 3 is 2.26 bits per heavy atom. The second kappa shape index (κ2) is 7.41. The molecule has 0 spiro atoms. The molecule has 2 aromatic heterocycles. The molecule has 0 aliphatic heterocycles. The van der Waals surface area contributed by atoms with Gasteiger partial charge in [-0.2, -0.15) is 0 Å². The number of carbonyl (C=O) groups excluding carboxylic acids is 1. The molecule has 27 heavy (non-hydrogen) atoms. The number of pyridine rings is 1. The predicted octanol–water partition coefficient (Wildman–Crippen LogP) is 4.02. The van der Waals surface area contributed by atoms with Gasteiger partial charge in [0.05, 0.1) is 0 Å². The molecule has 1 aliphatic rings. The molecular weight excluding hydrogens is 340 g/mol. The number of carbonyl (C=O) groups is 1. The van der Waals surface area contributed by atoms with Crippen LogP contribution in [0.15, 0.2) is 55.0 Å². The maximum Gasteiger partial charge on any atom is 0.227 e. The van der Waals surface area contributed by atoms with E-state index in [1.54, 1.807) is 6.20 Å². The van der Waals surface area contributed by atoms with Crippen molar-refractivity contribution in [1.29, 1.82) is 0 Å². The van der Waals surface area contributed by atoms with Gasteiger partial charge in [-0.3, -0.25) is 4.79 Å². The highest BCUT2D eigenvalue weighted by Crippen LogP contribution is 2.30. The molecule has 1 saturated carbocycles. The lowest BCUT2D eigenvalue weighted by Gasteiger charge is -2.09. The highest BCUT2D eigenvalue weighted by molar-refractivity contribution is 5.94. The van der Waals surface area contributed by atoms with Gasteiger partial charge in [0.25, 0.3) is 0 Å². The molecule has 4 rings (SSSR count). The first-order chi connectivity index (χ1) is 13.2. The Balaban J connectivity index is 1.41. The number of nitrogens with zero attached hydrogens (tertiary/aromatic N) is 3. The zero-order valence-corrected chi connectivity index (χ0v) is 14.9. The van der Waals surface area contributed by atoms with Crippen LogP contribution in [0, 0.1) is 12.8 Å². The third-order valence-corrected chi connectivity index (χ3v) is 4.21. The molecule has 1 fully saturated rings. The Morgan fingerprint density at radius 2 is 1.56 bits per heavy atom. The van der Waals surface area contributed by atoms with Gasteiger partial charge in [0.15, 0.2) is 0 Å². The van der Waals surface area contributed by atoms with Crippen LogP contribution in [0.25, 0.3) is 0 Å². The lowest BCUT2D eigenvalue weighted by atomic mass is 10.2. The summed E-state index contributed by atoms with van der Waals surface area (Å²) in [5.74, 6) is 2.34. The van der Waals surface area contributed by atoms with E-state index in [2.05, 4.69) is 30.9 Å². The molecule has 0 unspecified atom stereocenters. The van der Waals surface area contributed by atoms with E-state index in [1.165, 1.54) is 6.33 Å². The molecule has 1 aliphatic carbocycles. The van der Waals surface area contributed by atoms with E-state index in [-0.39, 0.29) is 11.8 Å². The molecule has 0 radical (unpaired) electrons. The summed E-state index contributed by atoms with van der Waals surface area (Å²) >= 11 is 0. The maximum atomic E-state index is 11.8. The lowest BCUT2D eigenvalue weighted by Crippen LogP contribution is -2.13. The molecule has 2 heterocycles. The Labute approximate surface area is 157 Å². The van der Waals surface area contributed by atoms with E-state index in [9.17, 15) is 4.79 Å². The first-order valence-corrected chi connectivity index (χ1v) is 8.85. The van der Waals surface area contributed by atoms with Crippen LogP contribution in [0.2, 0.25) is 0 Å². The average molecular weight is 360 g/mol. The summed E-state index contributed by atoms with van der Waals surface area (Å²) in [5.41, 5.74) is 2.79. The number of aromatic nitrogens is 3. The summed E-state index contributed by atoms with van der Waals surface area (Å²) in [6, 6.07) is 13.3. The van der Waals surface area contributed by atoms with Crippen molar-refractivity contribution in [3.8, 4) is 0 Å². The van der Waals surface area contributed by atoms with Crippen LogP contribution >= 0.6 is 0 Å². The summed E-state index contributed by atoms with van der Waals surface area (Å²) in [4.78, 5) is 24.5. The summed E-state index contributed by atoms with van der Waals surface area (Å²) in [6.07, 6.45) is 5.23. The molecule has 1 amide bonds. The van der Waals surface area contributed by atoms with Crippen molar-refractivity contribution in [1.82, 2.24) is 15.0 Å². The topological polar surface area (TPSA) is 91.8 Å². The highest BCUT2D eigenvalue weighted by Gasteiger charge is 2.29. The minimum absolute atomic E-state index is 0.104. The Kier molecular flexibility index (Phi) is 4.65. The second-order valence-corrected chi connectivity index (χ2v) is 6.60. The lowest BCUT2D eigenvalue weighted by molar-refractivity contribution is -0.117. The van der Waals surface area contributed by atoms with Crippen LogP contribution in [0.1, 0.15) is 18.4 Å². The van der Waals surface area contributed by atoms with Crippen molar-refractivity contribution >= 4 is 34.7 Å². The normalized spacial score (nSPS) is 13.1. The fourth-order valence-electron chi connectivity index (χ4n) is 2.60. The van der Waals surface area contributed by atoms with Gasteiger partial charge in [0, 0.05) is 29.6 Å². The molecule has 0 atom stereocenters. The summed E-state index contributed by atoms with van der Waals surface area (Å²) in [7, 11) is 0. The SMILES string of the molecule is Cc1ccnc(Nc2cc(Nc3ccc(NC(=O)C4CC4)cc3)ncn2)c1. The monoisotopic (exact) mass is 360 g/mol. The van der Waals surface area contributed by atoms with Crippen molar-refractivity contribution in [3.05, 3.63) is 60.6 Å². The Bertz CT molecular complexity index is 953. The Morgan fingerprint density at radius 1 is 0.889 bits per heavy atom. The summed E-state index contributed by atoms with van der Waals surface area (Å²) in [5, 5.41) is 9.33. The van der Waals surface area contributed by atoms with Crippen molar-refractivity contribution in [2.45, 2.75) is 19.8 Å². The summed E-state index contributed by atoms with van der Waals surface area (Å²) < 4.78 is 0. The van der Waals surface area contributed by atoms with Crippen LogP contribution in [0.5, 0.6) is 0 Å². The zero-order valence-electron chi connectivity index (χ0n) is 14.9. The van der Waals surface area contributed by atoms with E-state index >= 15 is 0 Å². The van der Waals surface area contributed by atoms with Gasteiger partial charge in [-0.15, -0.1) is 0 Å². The van der Waals surface area contributed by atoms with E-state index in [0.717, 1.165) is 35.6 Å². The van der Waals surface area contributed by atoms with Crippen LogP contribution in [-0.2, 0) is 4.79 Å². The van der Waals surface area contributed by atoms with Crippen LogP contribution in [0.3, 0.4) is 0 Å². The molecule has 7 nitrogen and oxygen atoms in total. The van der Waals surface area contributed by atoms with Gasteiger partial charge in [-0.05, 0) is 61.7 Å². The van der Waals surface area contributed by atoms with E-state index < -0.39 is 0 Å². The quantitative estimate of drug-likeness (QED) is 0.615. The van der Waals surface area contributed by atoms with Crippen LogP contribution in [0.4, 0.5) is 28.8 Å². The fraction of sp³-hybridized carbons (Fsp3) is 0.200. The maximum absolute atomic E-state index is 11.8. The minimum atomic E-state index is 0.104. The number of hydrogen-bond acceptors (Lipinski definition) is 6. The van der Waals surface area contributed by atoms with Crippen LogP contribution < -0.4 is 16.0 Å². The number of rotatable bonds is 6. The highest BCUT2D eigenvalue weighted by atomic mass is 16.2. The molecule has 3 aromatic rings. The molecule has 136 valence electrons. The first-order valence-electron chi connectivity index (χ1n) is 8.85. The standard InChI is InChI=1S/C20H20N6O/c1-13-8-9-21-17(10-13)26-19-11-18(22-12-23-19)24-15-4-6-16(7-5-15)25-20(27)14-2-3-14/h4-12,14H,2-3H2,1H3,(H,25,27)(H2,21,22,23,24,26). The minimum Gasteiger partial charge on any atom is -0.340 e. The molecule has 7 heteroatoms. The van der Waals surface area contributed by atoms with Crippen molar-refractivity contribution in [2.24, 2.45) is 5.92 Å². The number of anilines is 5. The van der Waals surface area contributed by atoms with Crippen molar-refractivity contribution in [3.63, 3.8) is 0 Å². The number of aryl methyl sites for hydroxylation is 1. The number of benzene rings is 1. The average Bonchev–Trinajstić information content (AvgIpc) is 3.49. The van der Waals surface area contributed by atoms with Crippen molar-refractivity contribution < 1.29 is 4.79 Å². The Hall–Kier alpha value is -3.48. The van der Waals surface area contributed by atoms with Gasteiger partial charge in [-0.25, -0.2) is 15.0 Å². The van der Waals surface area contributed by atoms with E-state index in [0.29, 0.717) is 11.6 Å². The van der Waals surface area contributed by atoms with Gasteiger partial charge < -0.3 is 16.0 Å². The number of hydrogen-bond donors (Lipinski definition) is 3. The molecular formula is C20H20N6O. The molecule has 0 saturated heterocycles. The first kappa shape index (κ1) is 17.0. The number of nitrogens with one attached hydrogen (secondary N) is 3. The molecule has 0 bridgehead atoms. The van der Waals surface area contributed by atoms with Gasteiger partial charge >= 0.3 is 0 Å². The molecule has 1 aromatic carbocycles.